The Hall–Kier alpha value is -4.53. The van der Waals surface area contributed by atoms with Gasteiger partial charge in [0, 0.05) is 30.9 Å². The number of aryl methyl sites for hydroxylation is 1. The van der Waals surface area contributed by atoms with E-state index in [1.807, 2.05) is 64.7 Å². The second-order valence-corrected chi connectivity index (χ2v) is 7.89. The van der Waals surface area contributed by atoms with Gasteiger partial charge in [0.2, 0.25) is 0 Å². The number of aromatic nitrogens is 6. The van der Waals surface area contributed by atoms with E-state index in [0.29, 0.717) is 35.8 Å². The molecule has 5 aromatic rings. The van der Waals surface area contributed by atoms with Gasteiger partial charge in [0.05, 0.1) is 0 Å². The van der Waals surface area contributed by atoms with E-state index < -0.39 is 0 Å². The number of nitrogens with one attached hydrogen (secondary N) is 1. The molecule has 3 aromatic heterocycles. The van der Waals surface area contributed by atoms with E-state index in [1.54, 1.807) is 6.33 Å². The maximum absolute atomic E-state index is 12.8. The van der Waals surface area contributed by atoms with Gasteiger partial charge in [0.1, 0.15) is 18.3 Å². The summed E-state index contributed by atoms with van der Waals surface area (Å²) in [7, 11) is 0. The van der Waals surface area contributed by atoms with Crippen LogP contribution in [0.15, 0.2) is 73.3 Å². The lowest BCUT2D eigenvalue weighted by molar-refractivity contribution is 0.0945. The van der Waals surface area contributed by atoms with E-state index in [0.717, 1.165) is 23.4 Å². The number of hydrogen-bond acceptors (Lipinski definition) is 6. The van der Waals surface area contributed by atoms with Crippen LogP contribution in [0.5, 0.6) is 0 Å². The number of nitrogen functional groups attached to an aromatic ring is 1. The molecule has 0 aliphatic rings. The van der Waals surface area contributed by atoms with Crippen molar-refractivity contribution in [3.8, 4) is 5.69 Å². The van der Waals surface area contributed by atoms with E-state index in [4.69, 9.17) is 5.73 Å². The molecule has 0 aliphatic carbocycles. The van der Waals surface area contributed by atoms with Crippen molar-refractivity contribution in [3.63, 3.8) is 0 Å². The zero-order chi connectivity index (χ0) is 23.5. The zero-order valence-corrected chi connectivity index (χ0v) is 18.7. The normalized spacial score (nSPS) is 11.1. The molecule has 0 aliphatic heterocycles. The van der Waals surface area contributed by atoms with E-state index in [1.165, 1.54) is 11.9 Å². The molecule has 2 aromatic carbocycles. The van der Waals surface area contributed by atoms with Gasteiger partial charge in [-0.05, 0) is 36.2 Å². The topological polar surface area (TPSA) is 117 Å². The molecular formula is C25H24N8O. The number of rotatable bonds is 7. The van der Waals surface area contributed by atoms with Crippen molar-refractivity contribution in [2.45, 2.75) is 26.4 Å². The Balaban J connectivity index is 1.26. The molecule has 9 nitrogen and oxygen atoms in total. The second kappa shape index (κ2) is 9.14. The molecule has 9 heteroatoms. The first-order chi connectivity index (χ1) is 16.6. The van der Waals surface area contributed by atoms with Crippen molar-refractivity contribution in [1.82, 2.24) is 34.6 Å². The third-order valence-corrected chi connectivity index (χ3v) is 5.65. The van der Waals surface area contributed by atoms with Crippen LogP contribution in [-0.4, -0.2) is 35.2 Å². The summed E-state index contributed by atoms with van der Waals surface area (Å²) in [5.74, 6) is 0.152. The highest BCUT2D eigenvalue weighted by molar-refractivity contribution is 5.92. The molecule has 0 saturated heterocycles. The van der Waals surface area contributed by atoms with Crippen LogP contribution in [0.1, 0.15) is 34.2 Å². The fourth-order valence-corrected chi connectivity index (χ4v) is 3.88. The van der Waals surface area contributed by atoms with Crippen LogP contribution in [0.25, 0.3) is 16.9 Å². The fourth-order valence-electron chi connectivity index (χ4n) is 3.88. The third kappa shape index (κ3) is 4.23. The van der Waals surface area contributed by atoms with Crippen molar-refractivity contribution >= 4 is 22.9 Å². The van der Waals surface area contributed by atoms with Gasteiger partial charge in [0.15, 0.2) is 17.0 Å². The smallest absolute Gasteiger partial charge is 0.272 e. The quantitative estimate of drug-likeness (QED) is 0.392. The maximum Gasteiger partial charge on any atom is 0.272 e. The van der Waals surface area contributed by atoms with Gasteiger partial charge >= 0.3 is 0 Å². The van der Waals surface area contributed by atoms with Gasteiger partial charge in [-0.1, -0.05) is 42.5 Å². The highest BCUT2D eigenvalue weighted by atomic mass is 16.1. The highest BCUT2D eigenvalue weighted by Crippen LogP contribution is 2.19. The van der Waals surface area contributed by atoms with Gasteiger partial charge in [-0.25, -0.2) is 15.0 Å². The van der Waals surface area contributed by atoms with Crippen molar-refractivity contribution in [3.05, 3.63) is 95.8 Å². The van der Waals surface area contributed by atoms with Crippen LogP contribution in [0.4, 0.5) is 5.82 Å². The predicted molar refractivity (Wildman–Crippen MR) is 129 cm³/mol. The summed E-state index contributed by atoms with van der Waals surface area (Å²) in [6.07, 6.45) is 3.82. The SMILES string of the molecule is CCn1nc(C(=O)NCc2ccc(-n3cnc4c(N)ncnc43)cc2)cc1Cc1ccccc1. The van der Waals surface area contributed by atoms with Crippen molar-refractivity contribution in [2.24, 2.45) is 0 Å². The Labute approximate surface area is 196 Å². The summed E-state index contributed by atoms with van der Waals surface area (Å²) in [6.45, 7) is 3.12. The molecule has 0 radical (unpaired) electrons. The number of nitrogens with two attached hydrogens (primary N) is 1. The summed E-state index contributed by atoms with van der Waals surface area (Å²) in [5, 5.41) is 7.46. The monoisotopic (exact) mass is 452 g/mol. The second-order valence-electron chi connectivity index (χ2n) is 7.89. The molecule has 5 rings (SSSR count). The van der Waals surface area contributed by atoms with Gasteiger partial charge in [0.25, 0.3) is 5.91 Å². The largest absolute Gasteiger partial charge is 0.382 e. The number of carbonyl (C=O) groups is 1. The minimum Gasteiger partial charge on any atom is -0.382 e. The van der Waals surface area contributed by atoms with E-state index >= 15 is 0 Å². The minimum absolute atomic E-state index is 0.196. The lowest BCUT2D eigenvalue weighted by Gasteiger charge is -2.07. The van der Waals surface area contributed by atoms with Gasteiger partial charge in [-0.2, -0.15) is 5.10 Å². The highest BCUT2D eigenvalue weighted by Gasteiger charge is 2.14. The first-order valence-electron chi connectivity index (χ1n) is 11.0. The summed E-state index contributed by atoms with van der Waals surface area (Å²) < 4.78 is 3.73. The van der Waals surface area contributed by atoms with Gasteiger partial charge in [-0.15, -0.1) is 0 Å². The Bertz CT molecular complexity index is 1440. The number of fused-ring (bicyclic) bond motifs is 1. The van der Waals surface area contributed by atoms with E-state index in [9.17, 15) is 4.79 Å². The van der Waals surface area contributed by atoms with Gasteiger partial charge in [-0.3, -0.25) is 14.0 Å². The summed E-state index contributed by atoms with van der Waals surface area (Å²) >= 11 is 0. The molecule has 0 atom stereocenters. The van der Waals surface area contributed by atoms with Crippen LogP contribution in [0.3, 0.4) is 0 Å². The predicted octanol–water partition coefficient (Wildman–Crippen LogP) is 3.13. The standard InChI is InChI=1S/C25H24N8O/c1-2-33-20(12-17-6-4-3-5-7-17)13-21(31-33)25(34)27-14-18-8-10-19(11-9-18)32-16-30-22-23(26)28-15-29-24(22)32/h3-11,13,15-16H,2,12,14H2,1H3,(H,27,34)(H2,26,28,29). The molecule has 170 valence electrons. The molecule has 0 unspecified atom stereocenters. The number of imidazole rings is 1. The van der Waals surface area contributed by atoms with Crippen LogP contribution in [-0.2, 0) is 19.5 Å². The molecule has 0 saturated carbocycles. The number of nitrogens with zero attached hydrogens (tertiary/aromatic N) is 6. The number of amides is 1. The number of anilines is 1. The summed E-state index contributed by atoms with van der Waals surface area (Å²) in [6, 6.07) is 19.8. The third-order valence-electron chi connectivity index (χ3n) is 5.65. The van der Waals surface area contributed by atoms with Crippen LogP contribution in [0.2, 0.25) is 0 Å². The Kier molecular flexibility index (Phi) is 5.73. The van der Waals surface area contributed by atoms with E-state index in [2.05, 4.69) is 37.5 Å². The van der Waals surface area contributed by atoms with E-state index in [-0.39, 0.29) is 5.91 Å². The average Bonchev–Trinajstić information content (AvgIpc) is 3.49. The van der Waals surface area contributed by atoms with Crippen LogP contribution < -0.4 is 11.1 Å². The van der Waals surface area contributed by atoms with Crippen molar-refractivity contribution in [2.75, 3.05) is 5.73 Å². The Morgan fingerprint density at radius 1 is 1.00 bits per heavy atom. The minimum atomic E-state index is -0.196. The Morgan fingerprint density at radius 2 is 1.79 bits per heavy atom. The molecule has 1 amide bonds. The lowest BCUT2D eigenvalue weighted by Crippen LogP contribution is -2.23. The van der Waals surface area contributed by atoms with Crippen LogP contribution >= 0.6 is 0 Å². The zero-order valence-electron chi connectivity index (χ0n) is 18.7. The first-order valence-corrected chi connectivity index (χ1v) is 11.0. The maximum atomic E-state index is 12.8. The summed E-state index contributed by atoms with van der Waals surface area (Å²) in [4.78, 5) is 25.3. The lowest BCUT2D eigenvalue weighted by atomic mass is 10.1. The molecule has 0 fully saturated rings. The molecule has 0 spiro atoms. The summed E-state index contributed by atoms with van der Waals surface area (Å²) in [5.41, 5.74) is 11.6. The van der Waals surface area contributed by atoms with Crippen molar-refractivity contribution in [1.29, 1.82) is 0 Å². The molecule has 3 heterocycles. The first kappa shape index (κ1) is 21.3. The molecule has 0 bridgehead atoms. The van der Waals surface area contributed by atoms with Crippen molar-refractivity contribution < 1.29 is 4.79 Å². The van der Waals surface area contributed by atoms with Crippen LogP contribution in [0, 0.1) is 0 Å². The molecule has 3 N–H and O–H groups in total. The fraction of sp³-hybridized carbons (Fsp3) is 0.160. The number of hydrogen-bond donors (Lipinski definition) is 2. The molecule has 34 heavy (non-hydrogen) atoms. The number of carbonyl (C=O) groups excluding carboxylic acids is 1. The number of benzene rings is 2. The average molecular weight is 453 g/mol. The van der Waals surface area contributed by atoms with Gasteiger partial charge < -0.3 is 11.1 Å². The molecular weight excluding hydrogens is 428 g/mol. The Morgan fingerprint density at radius 3 is 2.56 bits per heavy atom.